The number of thiazole rings is 1. The van der Waals surface area contributed by atoms with Crippen molar-refractivity contribution >= 4 is 33.3 Å². The van der Waals surface area contributed by atoms with Gasteiger partial charge in [-0.2, -0.15) is 0 Å². The molecule has 0 bridgehead atoms. The normalized spacial score (nSPS) is 10.5. The van der Waals surface area contributed by atoms with Crippen molar-refractivity contribution in [2.75, 3.05) is 5.32 Å². The van der Waals surface area contributed by atoms with Gasteiger partial charge in [0.1, 0.15) is 0 Å². The number of hydrogen-bond acceptors (Lipinski definition) is 5. The van der Waals surface area contributed by atoms with Gasteiger partial charge in [0, 0.05) is 28.4 Å². The fourth-order valence-electron chi connectivity index (χ4n) is 2.57. The first-order valence-corrected chi connectivity index (χ1v) is 9.81. The predicted molar refractivity (Wildman–Crippen MR) is 108 cm³/mol. The molecule has 3 heterocycles. The number of thiophene rings is 1. The number of benzene rings is 1. The van der Waals surface area contributed by atoms with Crippen molar-refractivity contribution in [3.05, 3.63) is 85.4 Å². The lowest BCUT2D eigenvalue weighted by atomic mass is 10.2. The van der Waals surface area contributed by atoms with Gasteiger partial charge in [-0.15, -0.1) is 22.7 Å². The van der Waals surface area contributed by atoms with E-state index < -0.39 is 0 Å². The lowest BCUT2D eigenvalue weighted by Gasteiger charge is -2.06. The summed E-state index contributed by atoms with van der Waals surface area (Å²) in [4.78, 5) is 18.6. The van der Waals surface area contributed by atoms with E-state index in [0.717, 1.165) is 32.5 Å². The van der Waals surface area contributed by atoms with Crippen molar-refractivity contribution < 1.29 is 0 Å². The summed E-state index contributed by atoms with van der Waals surface area (Å²) in [6.45, 7) is 2.40. The molecule has 1 aromatic carbocycles. The van der Waals surface area contributed by atoms with Crippen LogP contribution in [0.5, 0.6) is 0 Å². The van der Waals surface area contributed by atoms with Gasteiger partial charge in [-0.1, -0.05) is 24.0 Å². The van der Waals surface area contributed by atoms with Crippen LogP contribution in [0.3, 0.4) is 0 Å². The average molecular weight is 377 g/mol. The van der Waals surface area contributed by atoms with Gasteiger partial charge in [0.05, 0.1) is 17.1 Å². The fraction of sp³-hybridized carbons (Fsp3) is 0.100. The predicted octanol–water partition coefficient (Wildman–Crippen LogP) is 4.14. The summed E-state index contributed by atoms with van der Waals surface area (Å²) in [6, 6.07) is 13.5. The molecular weight excluding hydrogens is 362 g/mol. The van der Waals surface area contributed by atoms with Gasteiger partial charge in [-0.3, -0.25) is 9.20 Å². The van der Waals surface area contributed by atoms with Crippen LogP contribution in [0, 0.1) is 18.8 Å². The van der Waals surface area contributed by atoms with Gasteiger partial charge in [-0.25, -0.2) is 4.98 Å². The standard InChI is InChI=1S/C20H15N3OS2/c1-14-13-26-20-22-17(11-19(24)23(14)20)12-21-16-5-2-4-15(10-16)7-8-18-6-3-9-25-18/h2-6,9-11,13,21H,12H2,1H3. The molecule has 0 spiro atoms. The summed E-state index contributed by atoms with van der Waals surface area (Å²) in [5, 5.41) is 7.28. The minimum atomic E-state index is -0.0406. The van der Waals surface area contributed by atoms with Crippen LogP contribution in [0.1, 0.15) is 21.8 Å². The summed E-state index contributed by atoms with van der Waals surface area (Å²) in [5.74, 6) is 6.33. The molecule has 0 aliphatic rings. The van der Waals surface area contributed by atoms with E-state index >= 15 is 0 Å². The minimum Gasteiger partial charge on any atom is -0.379 e. The molecule has 4 nitrogen and oxygen atoms in total. The van der Waals surface area contributed by atoms with E-state index in [4.69, 9.17) is 0 Å². The maximum atomic E-state index is 12.2. The van der Waals surface area contributed by atoms with Crippen molar-refractivity contribution in [2.45, 2.75) is 13.5 Å². The average Bonchev–Trinajstić information content (AvgIpc) is 3.29. The Morgan fingerprint density at radius 1 is 1.15 bits per heavy atom. The minimum absolute atomic E-state index is 0.0406. The van der Waals surface area contributed by atoms with Gasteiger partial charge in [-0.05, 0) is 36.6 Å². The molecule has 4 aromatic rings. The second-order valence-electron chi connectivity index (χ2n) is 5.74. The molecule has 0 unspecified atom stereocenters. The first-order valence-electron chi connectivity index (χ1n) is 8.05. The zero-order chi connectivity index (χ0) is 17.9. The number of rotatable bonds is 3. The number of nitrogens with zero attached hydrogens (tertiary/aromatic N) is 2. The largest absolute Gasteiger partial charge is 0.379 e. The molecule has 0 saturated heterocycles. The van der Waals surface area contributed by atoms with E-state index in [1.54, 1.807) is 21.8 Å². The highest BCUT2D eigenvalue weighted by atomic mass is 32.1. The summed E-state index contributed by atoms with van der Waals surface area (Å²) in [7, 11) is 0. The molecule has 0 radical (unpaired) electrons. The van der Waals surface area contributed by atoms with Gasteiger partial charge in [0.2, 0.25) is 0 Å². The molecule has 0 atom stereocenters. The van der Waals surface area contributed by atoms with Crippen LogP contribution < -0.4 is 10.9 Å². The summed E-state index contributed by atoms with van der Waals surface area (Å²) < 4.78 is 1.63. The Labute approximate surface area is 158 Å². The Balaban J connectivity index is 1.51. The van der Waals surface area contributed by atoms with Crippen molar-refractivity contribution in [2.24, 2.45) is 0 Å². The summed E-state index contributed by atoms with van der Waals surface area (Å²) in [5.41, 5.74) is 3.50. The molecule has 3 aromatic heterocycles. The van der Waals surface area contributed by atoms with Gasteiger partial charge >= 0.3 is 0 Å². The maximum Gasteiger partial charge on any atom is 0.259 e. The van der Waals surface area contributed by atoms with Gasteiger partial charge in [0.25, 0.3) is 5.56 Å². The van der Waals surface area contributed by atoms with Crippen LogP contribution in [0.2, 0.25) is 0 Å². The zero-order valence-corrected chi connectivity index (χ0v) is 15.7. The second kappa shape index (κ2) is 7.16. The van der Waals surface area contributed by atoms with Crippen molar-refractivity contribution in [3.63, 3.8) is 0 Å². The highest BCUT2D eigenvalue weighted by Gasteiger charge is 2.06. The molecule has 0 aliphatic carbocycles. The molecule has 4 rings (SSSR count). The Hall–Kier alpha value is -2.88. The third-order valence-corrected chi connectivity index (χ3v) is 5.54. The number of fused-ring (bicyclic) bond motifs is 1. The maximum absolute atomic E-state index is 12.2. The molecule has 26 heavy (non-hydrogen) atoms. The second-order valence-corrected chi connectivity index (χ2v) is 7.53. The molecular formula is C20H15N3OS2. The molecule has 1 N–H and O–H groups in total. The van der Waals surface area contributed by atoms with Gasteiger partial charge in [0.15, 0.2) is 4.96 Å². The zero-order valence-electron chi connectivity index (χ0n) is 14.0. The molecule has 6 heteroatoms. The summed E-state index contributed by atoms with van der Waals surface area (Å²) >= 11 is 3.11. The number of aryl methyl sites for hydroxylation is 1. The molecule has 0 amide bonds. The first-order chi connectivity index (χ1) is 12.7. The fourth-order valence-corrected chi connectivity index (χ4v) is 4.04. The number of anilines is 1. The Kier molecular flexibility index (Phi) is 4.57. The molecule has 0 saturated carbocycles. The topological polar surface area (TPSA) is 46.4 Å². The van der Waals surface area contributed by atoms with E-state index in [9.17, 15) is 4.79 Å². The number of hydrogen-bond donors (Lipinski definition) is 1. The Morgan fingerprint density at radius 2 is 2.08 bits per heavy atom. The van der Waals surface area contributed by atoms with Crippen LogP contribution >= 0.6 is 22.7 Å². The molecule has 128 valence electrons. The van der Waals surface area contributed by atoms with E-state index in [-0.39, 0.29) is 5.56 Å². The van der Waals surface area contributed by atoms with E-state index in [0.29, 0.717) is 6.54 Å². The van der Waals surface area contributed by atoms with E-state index in [1.165, 1.54) is 11.3 Å². The van der Waals surface area contributed by atoms with Crippen LogP contribution in [0.4, 0.5) is 5.69 Å². The quantitative estimate of drug-likeness (QED) is 0.546. The SMILES string of the molecule is Cc1csc2nc(CNc3cccc(C#Cc4cccs4)c3)cc(=O)n12. The third kappa shape index (κ3) is 3.54. The van der Waals surface area contributed by atoms with Crippen molar-refractivity contribution in [3.8, 4) is 11.8 Å². The Morgan fingerprint density at radius 3 is 2.92 bits per heavy atom. The van der Waals surface area contributed by atoms with E-state index in [2.05, 4.69) is 22.1 Å². The van der Waals surface area contributed by atoms with Crippen molar-refractivity contribution in [1.29, 1.82) is 0 Å². The number of aromatic nitrogens is 2. The summed E-state index contributed by atoms with van der Waals surface area (Å²) in [6.07, 6.45) is 0. The van der Waals surface area contributed by atoms with Crippen LogP contribution in [-0.4, -0.2) is 9.38 Å². The monoisotopic (exact) mass is 377 g/mol. The lowest BCUT2D eigenvalue weighted by Crippen LogP contribution is -2.16. The number of nitrogens with one attached hydrogen (secondary N) is 1. The Bertz CT molecular complexity index is 1180. The third-order valence-electron chi connectivity index (χ3n) is 3.82. The van der Waals surface area contributed by atoms with E-state index in [1.807, 2.05) is 54.1 Å². The molecule has 0 fully saturated rings. The van der Waals surface area contributed by atoms with Crippen LogP contribution in [0.15, 0.2) is 58.0 Å². The lowest BCUT2D eigenvalue weighted by molar-refractivity contribution is 0.965. The molecule has 0 aliphatic heterocycles. The highest BCUT2D eigenvalue weighted by Crippen LogP contribution is 2.14. The smallest absolute Gasteiger partial charge is 0.259 e. The van der Waals surface area contributed by atoms with Crippen LogP contribution in [-0.2, 0) is 6.54 Å². The van der Waals surface area contributed by atoms with Gasteiger partial charge < -0.3 is 5.32 Å². The highest BCUT2D eigenvalue weighted by molar-refractivity contribution is 7.15. The first kappa shape index (κ1) is 16.6. The van der Waals surface area contributed by atoms with Crippen LogP contribution in [0.25, 0.3) is 4.96 Å². The van der Waals surface area contributed by atoms with Crippen molar-refractivity contribution in [1.82, 2.24) is 9.38 Å².